The highest BCUT2D eigenvalue weighted by Crippen LogP contribution is 2.19. The number of methoxy groups -OCH3 is 1. The minimum Gasteiger partial charge on any atom is -0.472 e. The van der Waals surface area contributed by atoms with Crippen LogP contribution in [-0.2, 0) is 29.2 Å². The number of furan rings is 1. The summed E-state index contributed by atoms with van der Waals surface area (Å²) in [6, 6.07) is 6.13. The number of rotatable bonds is 6. The van der Waals surface area contributed by atoms with Gasteiger partial charge in [-0.25, -0.2) is 0 Å². The van der Waals surface area contributed by atoms with Crippen LogP contribution < -0.4 is 5.32 Å². The SMILES string of the molecule is COCCNC(=O)C1CN(Cc2ccoc2)Cc2cccn2C1. The molecule has 0 saturated carbocycles. The maximum absolute atomic E-state index is 12.5. The first-order chi connectivity index (χ1) is 11.3. The second kappa shape index (κ2) is 7.48. The van der Waals surface area contributed by atoms with Gasteiger partial charge in [0.25, 0.3) is 0 Å². The van der Waals surface area contributed by atoms with Crippen molar-refractivity contribution in [3.8, 4) is 0 Å². The molecule has 0 aromatic carbocycles. The Morgan fingerprint density at radius 3 is 3.13 bits per heavy atom. The molecular formula is C17H23N3O3. The monoisotopic (exact) mass is 317 g/mol. The predicted molar refractivity (Wildman–Crippen MR) is 85.6 cm³/mol. The van der Waals surface area contributed by atoms with Crippen LogP contribution >= 0.6 is 0 Å². The molecule has 1 aliphatic rings. The lowest BCUT2D eigenvalue weighted by Gasteiger charge is -2.23. The molecule has 0 bridgehead atoms. The van der Waals surface area contributed by atoms with E-state index in [0.717, 1.165) is 25.2 Å². The summed E-state index contributed by atoms with van der Waals surface area (Å²) in [6.45, 7) is 4.14. The van der Waals surface area contributed by atoms with Gasteiger partial charge in [0.2, 0.25) is 5.91 Å². The van der Waals surface area contributed by atoms with Crippen LogP contribution in [0.4, 0.5) is 0 Å². The highest BCUT2D eigenvalue weighted by Gasteiger charge is 2.26. The van der Waals surface area contributed by atoms with Gasteiger partial charge in [-0.05, 0) is 18.2 Å². The van der Waals surface area contributed by atoms with E-state index in [1.165, 1.54) is 5.69 Å². The highest BCUT2D eigenvalue weighted by molar-refractivity contribution is 5.78. The second-order valence-electron chi connectivity index (χ2n) is 5.93. The van der Waals surface area contributed by atoms with Crippen LogP contribution in [-0.4, -0.2) is 42.2 Å². The third-order valence-corrected chi connectivity index (χ3v) is 4.17. The van der Waals surface area contributed by atoms with Crippen molar-refractivity contribution in [2.24, 2.45) is 5.92 Å². The average molecular weight is 317 g/mol. The maximum Gasteiger partial charge on any atom is 0.226 e. The number of hydrogen-bond donors (Lipinski definition) is 1. The fraction of sp³-hybridized carbons (Fsp3) is 0.471. The molecule has 0 fully saturated rings. The quantitative estimate of drug-likeness (QED) is 0.820. The van der Waals surface area contributed by atoms with Crippen molar-refractivity contribution in [2.45, 2.75) is 19.6 Å². The fourth-order valence-electron chi connectivity index (χ4n) is 3.02. The van der Waals surface area contributed by atoms with Gasteiger partial charge in [-0.2, -0.15) is 0 Å². The van der Waals surface area contributed by atoms with Crippen molar-refractivity contribution in [1.82, 2.24) is 14.8 Å². The Balaban J connectivity index is 1.70. The van der Waals surface area contributed by atoms with E-state index in [1.54, 1.807) is 19.6 Å². The van der Waals surface area contributed by atoms with Crippen LogP contribution in [0, 0.1) is 5.92 Å². The van der Waals surface area contributed by atoms with E-state index in [-0.39, 0.29) is 11.8 Å². The topological polar surface area (TPSA) is 59.6 Å². The zero-order valence-electron chi connectivity index (χ0n) is 13.4. The third kappa shape index (κ3) is 4.03. The normalized spacial score (nSPS) is 18.4. The summed E-state index contributed by atoms with van der Waals surface area (Å²) in [4.78, 5) is 14.8. The summed E-state index contributed by atoms with van der Waals surface area (Å²) < 4.78 is 12.3. The Bertz CT molecular complexity index is 621. The predicted octanol–water partition coefficient (Wildman–Crippen LogP) is 1.48. The molecule has 124 valence electrons. The summed E-state index contributed by atoms with van der Waals surface area (Å²) >= 11 is 0. The van der Waals surface area contributed by atoms with E-state index in [4.69, 9.17) is 9.15 Å². The van der Waals surface area contributed by atoms with Crippen molar-refractivity contribution in [2.75, 3.05) is 26.8 Å². The standard InChI is InChI=1S/C17H23N3O3/c1-22-8-5-18-17(21)15-10-19(9-14-4-7-23-13-14)12-16-3-2-6-20(16)11-15/h2-4,6-7,13,15H,5,8-12H2,1H3,(H,18,21). The van der Waals surface area contributed by atoms with Crippen molar-refractivity contribution in [3.05, 3.63) is 48.2 Å². The molecule has 6 heteroatoms. The molecule has 6 nitrogen and oxygen atoms in total. The molecule has 1 atom stereocenters. The van der Waals surface area contributed by atoms with Gasteiger partial charge in [0.15, 0.2) is 0 Å². The van der Waals surface area contributed by atoms with Crippen molar-refractivity contribution in [1.29, 1.82) is 0 Å². The molecule has 2 aromatic heterocycles. The molecule has 0 saturated heterocycles. The molecule has 1 amide bonds. The zero-order valence-corrected chi connectivity index (χ0v) is 13.4. The molecule has 3 heterocycles. The number of carbonyl (C=O) groups excluding carboxylic acids is 1. The fourth-order valence-corrected chi connectivity index (χ4v) is 3.02. The Hall–Kier alpha value is -2.05. The molecule has 0 aliphatic carbocycles. The number of carbonyl (C=O) groups is 1. The smallest absolute Gasteiger partial charge is 0.226 e. The number of ether oxygens (including phenoxy) is 1. The molecule has 1 unspecified atom stereocenters. The largest absolute Gasteiger partial charge is 0.472 e. The van der Waals surface area contributed by atoms with Gasteiger partial charge in [-0.15, -0.1) is 0 Å². The van der Waals surface area contributed by atoms with E-state index < -0.39 is 0 Å². The number of amides is 1. The van der Waals surface area contributed by atoms with Crippen LogP contribution in [0.2, 0.25) is 0 Å². The highest BCUT2D eigenvalue weighted by atomic mass is 16.5. The van der Waals surface area contributed by atoms with Gasteiger partial charge in [0.1, 0.15) is 0 Å². The van der Waals surface area contributed by atoms with Crippen LogP contribution in [0.15, 0.2) is 41.3 Å². The van der Waals surface area contributed by atoms with Crippen LogP contribution in [0.1, 0.15) is 11.3 Å². The van der Waals surface area contributed by atoms with Crippen molar-refractivity contribution >= 4 is 5.91 Å². The Labute approximate surface area is 136 Å². The Morgan fingerprint density at radius 2 is 2.35 bits per heavy atom. The van der Waals surface area contributed by atoms with E-state index in [2.05, 4.69) is 20.9 Å². The van der Waals surface area contributed by atoms with Gasteiger partial charge in [0, 0.05) is 57.3 Å². The minimum absolute atomic E-state index is 0.0765. The first kappa shape index (κ1) is 15.8. The van der Waals surface area contributed by atoms with Gasteiger partial charge < -0.3 is 19.0 Å². The van der Waals surface area contributed by atoms with Gasteiger partial charge >= 0.3 is 0 Å². The molecule has 1 aliphatic heterocycles. The molecule has 0 radical (unpaired) electrons. The summed E-state index contributed by atoms with van der Waals surface area (Å²) in [7, 11) is 1.64. The Kier molecular flexibility index (Phi) is 5.15. The van der Waals surface area contributed by atoms with E-state index >= 15 is 0 Å². The molecular weight excluding hydrogens is 294 g/mol. The summed E-state index contributed by atoms with van der Waals surface area (Å²) in [6.07, 6.45) is 5.49. The lowest BCUT2D eigenvalue weighted by Crippen LogP contribution is -2.39. The van der Waals surface area contributed by atoms with Crippen molar-refractivity contribution in [3.63, 3.8) is 0 Å². The number of nitrogens with zero attached hydrogens (tertiary/aromatic N) is 2. The molecule has 23 heavy (non-hydrogen) atoms. The van der Waals surface area contributed by atoms with Crippen LogP contribution in [0.5, 0.6) is 0 Å². The molecule has 1 N–H and O–H groups in total. The number of aromatic nitrogens is 1. The van der Waals surface area contributed by atoms with Gasteiger partial charge in [-0.3, -0.25) is 9.69 Å². The molecule has 2 aromatic rings. The summed E-state index contributed by atoms with van der Waals surface area (Å²) in [5.41, 5.74) is 2.37. The van der Waals surface area contributed by atoms with E-state index in [9.17, 15) is 4.79 Å². The maximum atomic E-state index is 12.5. The number of hydrogen-bond acceptors (Lipinski definition) is 4. The second-order valence-corrected chi connectivity index (χ2v) is 5.93. The van der Waals surface area contributed by atoms with Gasteiger partial charge in [0.05, 0.1) is 25.1 Å². The van der Waals surface area contributed by atoms with Crippen LogP contribution in [0.3, 0.4) is 0 Å². The summed E-state index contributed by atoms with van der Waals surface area (Å²) in [5, 5.41) is 2.96. The van der Waals surface area contributed by atoms with Gasteiger partial charge in [-0.1, -0.05) is 0 Å². The van der Waals surface area contributed by atoms with Crippen molar-refractivity contribution < 1.29 is 13.9 Å². The average Bonchev–Trinajstić information content (AvgIpc) is 3.16. The number of fused-ring (bicyclic) bond motifs is 1. The summed E-state index contributed by atoms with van der Waals surface area (Å²) in [5.74, 6) is 0.00759. The lowest BCUT2D eigenvalue weighted by atomic mass is 10.1. The molecule has 3 rings (SSSR count). The van der Waals surface area contributed by atoms with E-state index in [1.807, 2.05) is 18.3 Å². The third-order valence-electron chi connectivity index (χ3n) is 4.17. The van der Waals surface area contributed by atoms with Crippen LogP contribution in [0.25, 0.3) is 0 Å². The van der Waals surface area contributed by atoms with E-state index in [0.29, 0.717) is 19.7 Å². The number of nitrogens with one attached hydrogen (secondary N) is 1. The minimum atomic E-state index is -0.0765. The lowest BCUT2D eigenvalue weighted by molar-refractivity contribution is -0.126. The first-order valence-corrected chi connectivity index (χ1v) is 7.90. The Morgan fingerprint density at radius 1 is 1.43 bits per heavy atom. The first-order valence-electron chi connectivity index (χ1n) is 7.90. The zero-order chi connectivity index (χ0) is 16.1. The molecule has 0 spiro atoms.